The summed E-state index contributed by atoms with van der Waals surface area (Å²) in [7, 11) is 0. The van der Waals surface area contributed by atoms with Crippen LogP contribution in [0.25, 0.3) is 21.9 Å². The van der Waals surface area contributed by atoms with E-state index in [0.717, 1.165) is 0 Å². The van der Waals surface area contributed by atoms with Gasteiger partial charge in [0.25, 0.3) is 0 Å². The summed E-state index contributed by atoms with van der Waals surface area (Å²) in [5.41, 5.74) is 1.80. The molecule has 0 radical (unpaired) electrons. The number of benzene rings is 3. The molecule has 0 saturated carbocycles. The van der Waals surface area contributed by atoms with Crippen molar-refractivity contribution in [2.75, 3.05) is 0 Å². The Labute approximate surface area is 231 Å². The number of hydrogen-bond acceptors (Lipinski definition) is 8. The molecule has 0 spiro atoms. The second-order valence-corrected chi connectivity index (χ2v) is 9.17. The first kappa shape index (κ1) is 29.3. The van der Waals surface area contributed by atoms with Crippen LogP contribution in [0.4, 0.5) is 0 Å². The summed E-state index contributed by atoms with van der Waals surface area (Å²) in [6, 6.07) is 12.9. The first-order chi connectivity index (χ1) is 18.8. The minimum atomic E-state index is -0.747. The first-order valence-electron chi connectivity index (χ1n) is 12.0. The van der Waals surface area contributed by atoms with E-state index in [4.69, 9.17) is 18.9 Å². The summed E-state index contributed by atoms with van der Waals surface area (Å²) in [6.07, 6.45) is 0. The minimum absolute atomic E-state index is 0.0382. The monoisotopic (exact) mass is 540 g/mol. The highest BCUT2D eigenvalue weighted by molar-refractivity contribution is 6.02. The van der Waals surface area contributed by atoms with Crippen LogP contribution < -0.4 is 18.9 Å². The Hall–Kier alpha value is -5.24. The van der Waals surface area contributed by atoms with Gasteiger partial charge in [-0.2, -0.15) is 0 Å². The standard InChI is InChI=1S/C32H28O8/c1-17(2)29(33)37-23-12-9-21(10-13-23)24-14-11-22-15-26(38-30(34)18(3)4)27(39-31(35)19(5)6)16-25(22)28(24)40-32(36)20(7)8/h9-16H,1,3,5,7H2,2,4,6,8H3. The van der Waals surface area contributed by atoms with Gasteiger partial charge >= 0.3 is 23.9 Å². The van der Waals surface area contributed by atoms with Gasteiger partial charge in [0.05, 0.1) is 0 Å². The molecule has 0 aliphatic carbocycles. The molecule has 0 aliphatic heterocycles. The Bertz CT molecular complexity index is 1610. The predicted octanol–water partition coefficient (Wildman–Crippen LogP) is 6.43. The van der Waals surface area contributed by atoms with Gasteiger partial charge in [-0.15, -0.1) is 0 Å². The smallest absolute Gasteiger partial charge is 0.338 e. The number of esters is 4. The molecule has 3 rings (SSSR count). The van der Waals surface area contributed by atoms with Crippen molar-refractivity contribution in [3.8, 4) is 34.1 Å². The van der Waals surface area contributed by atoms with Crippen molar-refractivity contribution in [2.24, 2.45) is 0 Å². The second-order valence-electron chi connectivity index (χ2n) is 9.17. The van der Waals surface area contributed by atoms with E-state index < -0.39 is 23.9 Å². The molecule has 0 N–H and O–H groups in total. The number of ether oxygens (including phenoxy) is 4. The minimum Gasteiger partial charge on any atom is -0.423 e. The van der Waals surface area contributed by atoms with Gasteiger partial charge < -0.3 is 18.9 Å². The van der Waals surface area contributed by atoms with Crippen LogP contribution in [-0.2, 0) is 19.2 Å². The van der Waals surface area contributed by atoms with E-state index in [9.17, 15) is 19.2 Å². The van der Waals surface area contributed by atoms with Gasteiger partial charge in [-0.3, -0.25) is 0 Å². The fourth-order valence-electron chi connectivity index (χ4n) is 3.25. The lowest BCUT2D eigenvalue weighted by molar-refractivity contribution is -0.132. The highest BCUT2D eigenvalue weighted by Gasteiger charge is 2.21. The molecule has 0 fully saturated rings. The predicted molar refractivity (Wildman–Crippen MR) is 151 cm³/mol. The van der Waals surface area contributed by atoms with Crippen molar-refractivity contribution >= 4 is 34.6 Å². The van der Waals surface area contributed by atoms with Crippen molar-refractivity contribution in [3.63, 3.8) is 0 Å². The molecule has 0 bridgehead atoms. The third-order valence-corrected chi connectivity index (χ3v) is 5.40. The first-order valence-corrected chi connectivity index (χ1v) is 12.0. The molecule has 3 aromatic carbocycles. The Morgan fingerprint density at radius 1 is 0.550 bits per heavy atom. The summed E-state index contributed by atoms with van der Waals surface area (Å²) in [5.74, 6) is -2.40. The largest absolute Gasteiger partial charge is 0.423 e. The Morgan fingerprint density at radius 2 is 1.00 bits per heavy atom. The zero-order chi connectivity index (χ0) is 29.7. The summed E-state index contributed by atoms with van der Waals surface area (Å²) < 4.78 is 21.9. The Kier molecular flexibility index (Phi) is 8.86. The maximum absolute atomic E-state index is 12.7. The highest BCUT2D eigenvalue weighted by Crippen LogP contribution is 2.43. The molecule has 0 amide bonds. The number of carbonyl (C=O) groups is 4. The lowest BCUT2D eigenvalue weighted by Crippen LogP contribution is -2.13. The van der Waals surface area contributed by atoms with Crippen LogP contribution >= 0.6 is 0 Å². The SMILES string of the molecule is C=C(C)C(=O)Oc1ccc(-c2ccc3cc(OC(=O)C(=C)C)c(OC(=O)C(=C)C)cc3c2OC(=O)C(=C)C)cc1. The number of carbonyl (C=O) groups excluding carboxylic acids is 4. The van der Waals surface area contributed by atoms with E-state index in [1.165, 1.54) is 32.9 Å². The molecule has 3 aromatic rings. The number of hydrogen-bond donors (Lipinski definition) is 0. The van der Waals surface area contributed by atoms with Gasteiger partial charge in [-0.1, -0.05) is 44.5 Å². The average Bonchev–Trinajstić information content (AvgIpc) is 2.89. The maximum atomic E-state index is 12.7. The lowest BCUT2D eigenvalue weighted by Gasteiger charge is -2.17. The van der Waals surface area contributed by atoms with E-state index in [0.29, 0.717) is 27.6 Å². The zero-order valence-electron chi connectivity index (χ0n) is 22.7. The normalized spacial score (nSPS) is 10.3. The third kappa shape index (κ3) is 6.79. The maximum Gasteiger partial charge on any atom is 0.338 e. The van der Waals surface area contributed by atoms with Crippen LogP contribution in [0.2, 0.25) is 0 Å². The second kappa shape index (κ2) is 12.1. The van der Waals surface area contributed by atoms with E-state index in [1.54, 1.807) is 43.3 Å². The molecular weight excluding hydrogens is 512 g/mol. The van der Waals surface area contributed by atoms with Crippen LogP contribution in [0.1, 0.15) is 27.7 Å². The molecule has 204 valence electrons. The third-order valence-electron chi connectivity index (χ3n) is 5.40. The van der Waals surface area contributed by atoms with E-state index in [-0.39, 0.29) is 39.5 Å². The molecule has 0 heterocycles. The molecule has 8 heteroatoms. The van der Waals surface area contributed by atoms with Crippen LogP contribution in [0.3, 0.4) is 0 Å². The molecule has 40 heavy (non-hydrogen) atoms. The molecule has 0 unspecified atom stereocenters. The van der Waals surface area contributed by atoms with Crippen LogP contribution in [0.5, 0.6) is 23.0 Å². The number of rotatable bonds is 9. The summed E-state index contributed by atoms with van der Waals surface area (Å²) in [4.78, 5) is 49.2. The van der Waals surface area contributed by atoms with Crippen LogP contribution in [0.15, 0.2) is 97.1 Å². The molecule has 8 nitrogen and oxygen atoms in total. The van der Waals surface area contributed by atoms with Crippen LogP contribution in [-0.4, -0.2) is 23.9 Å². The van der Waals surface area contributed by atoms with Gasteiger partial charge in [0.2, 0.25) is 0 Å². The van der Waals surface area contributed by atoms with Crippen molar-refractivity contribution in [1.29, 1.82) is 0 Å². The van der Waals surface area contributed by atoms with Gasteiger partial charge in [0.15, 0.2) is 11.5 Å². The van der Waals surface area contributed by atoms with Gasteiger partial charge in [-0.25, -0.2) is 19.2 Å². The van der Waals surface area contributed by atoms with Gasteiger partial charge in [-0.05, 0) is 69.0 Å². The van der Waals surface area contributed by atoms with Crippen molar-refractivity contribution in [2.45, 2.75) is 27.7 Å². The number of fused-ring (bicyclic) bond motifs is 1. The summed E-state index contributed by atoms with van der Waals surface area (Å²) in [5, 5.41) is 0.893. The average molecular weight is 541 g/mol. The summed E-state index contributed by atoms with van der Waals surface area (Å²) in [6.45, 7) is 20.4. The topological polar surface area (TPSA) is 105 Å². The van der Waals surface area contributed by atoms with Gasteiger partial charge in [0, 0.05) is 33.2 Å². The van der Waals surface area contributed by atoms with Gasteiger partial charge in [0.1, 0.15) is 11.5 Å². The quantitative estimate of drug-likeness (QED) is 0.174. The Morgan fingerprint density at radius 3 is 1.50 bits per heavy atom. The van der Waals surface area contributed by atoms with E-state index in [1.807, 2.05) is 0 Å². The van der Waals surface area contributed by atoms with E-state index >= 15 is 0 Å². The van der Waals surface area contributed by atoms with Crippen LogP contribution in [0, 0.1) is 0 Å². The van der Waals surface area contributed by atoms with Crippen molar-refractivity contribution in [1.82, 2.24) is 0 Å². The lowest BCUT2D eigenvalue weighted by atomic mass is 9.98. The molecule has 0 saturated heterocycles. The molecule has 0 aromatic heterocycles. The molecular formula is C32H28O8. The fraction of sp³-hybridized carbons (Fsp3) is 0.125. The summed E-state index contributed by atoms with van der Waals surface area (Å²) >= 11 is 0. The zero-order valence-corrected chi connectivity index (χ0v) is 22.7. The Balaban J connectivity index is 2.23. The van der Waals surface area contributed by atoms with Crippen molar-refractivity contribution in [3.05, 3.63) is 97.1 Å². The van der Waals surface area contributed by atoms with Crippen molar-refractivity contribution < 1.29 is 38.1 Å². The molecule has 0 aliphatic rings. The highest BCUT2D eigenvalue weighted by atomic mass is 16.6. The fourth-order valence-corrected chi connectivity index (χ4v) is 3.25. The molecule has 0 atom stereocenters. The van der Waals surface area contributed by atoms with E-state index in [2.05, 4.69) is 26.3 Å².